The number of carbonyl (C=O) groups is 3. The van der Waals surface area contributed by atoms with Crippen LogP contribution in [0.25, 0.3) is 6.08 Å². The van der Waals surface area contributed by atoms with Crippen molar-refractivity contribution in [1.82, 2.24) is 10.2 Å². The molecule has 0 atom stereocenters. The van der Waals surface area contributed by atoms with Crippen molar-refractivity contribution in [3.8, 4) is 0 Å². The molecule has 7 heteroatoms. The Morgan fingerprint density at radius 1 is 1.07 bits per heavy atom. The maximum Gasteiger partial charge on any atom is 0.293 e. The lowest BCUT2D eigenvalue weighted by molar-refractivity contribution is -0.124. The first kappa shape index (κ1) is 20.2. The second-order valence-electron chi connectivity index (χ2n) is 6.22. The molecule has 1 heterocycles. The number of nitrogens with zero attached hydrogens (tertiary/aromatic N) is 1. The molecule has 5 nitrogen and oxygen atoms in total. The van der Waals surface area contributed by atoms with E-state index in [1.165, 1.54) is 0 Å². The number of carbonyl (C=O) groups excluding carboxylic acids is 3. The molecular formula is C21H19ClN2O3S. The van der Waals surface area contributed by atoms with Crippen LogP contribution in [0, 0.1) is 0 Å². The minimum atomic E-state index is -0.344. The predicted octanol–water partition coefficient (Wildman–Crippen LogP) is 4.13. The Labute approximate surface area is 172 Å². The number of nitrogens with one attached hydrogen (secondary N) is 1. The fraction of sp³-hybridized carbons (Fsp3) is 0.190. The zero-order chi connectivity index (χ0) is 19.9. The molecule has 1 fully saturated rings. The van der Waals surface area contributed by atoms with E-state index in [2.05, 4.69) is 5.32 Å². The van der Waals surface area contributed by atoms with Gasteiger partial charge in [0.1, 0.15) is 0 Å². The van der Waals surface area contributed by atoms with E-state index >= 15 is 0 Å². The zero-order valence-electron chi connectivity index (χ0n) is 15.1. The van der Waals surface area contributed by atoms with E-state index in [1.54, 1.807) is 30.3 Å². The predicted molar refractivity (Wildman–Crippen MR) is 112 cm³/mol. The van der Waals surface area contributed by atoms with Gasteiger partial charge in [-0.2, -0.15) is 0 Å². The number of imide groups is 1. The Kier molecular flexibility index (Phi) is 6.90. The summed E-state index contributed by atoms with van der Waals surface area (Å²) in [5.41, 5.74) is 1.89. The Morgan fingerprint density at radius 3 is 2.50 bits per heavy atom. The first-order valence-corrected chi connectivity index (χ1v) is 10.0. The molecular weight excluding hydrogens is 396 g/mol. The van der Waals surface area contributed by atoms with Gasteiger partial charge < -0.3 is 5.32 Å². The number of amides is 3. The third-order valence-corrected chi connectivity index (χ3v) is 5.34. The number of rotatable bonds is 7. The quantitative estimate of drug-likeness (QED) is 0.692. The summed E-state index contributed by atoms with van der Waals surface area (Å²) in [6.45, 7) is 0.388. The zero-order valence-corrected chi connectivity index (χ0v) is 16.6. The van der Waals surface area contributed by atoms with Crippen LogP contribution in [0.3, 0.4) is 0 Å². The summed E-state index contributed by atoms with van der Waals surface area (Å²) in [6.07, 6.45) is 2.68. The van der Waals surface area contributed by atoms with Gasteiger partial charge in [0, 0.05) is 24.5 Å². The topological polar surface area (TPSA) is 66.5 Å². The van der Waals surface area contributed by atoms with E-state index in [1.807, 2.05) is 30.3 Å². The van der Waals surface area contributed by atoms with E-state index in [0.717, 1.165) is 27.8 Å². The summed E-state index contributed by atoms with van der Waals surface area (Å²) >= 11 is 6.75. The molecule has 2 aromatic rings. The van der Waals surface area contributed by atoms with Crippen LogP contribution in [0.2, 0.25) is 5.02 Å². The summed E-state index contributed by atoms with van der Waals surface area (Å²) in [6, 6.07) is 16.8. The van der Waals surface area contributed by atoms with Gasteiger partial charge in [-0.25, -0.2) is 0 Å². The minimum absolute atomic E-state index is 0.104. The molecule has 1 aliphatic heterocycles. The number of aryl methyl sites for hydroxylation is 1. The Balaban J connectivity index is 1.48. The van der Waals surface area contributed by atoms with Gasteiger partial charge in [-0.3, -0.25) is 19.3 Å². The van der Waals surface area contributed by atoms with Gasteiger partial charge in [0.25, 0.3) is 11.1 Å². The highest BCUT2D eigenvalue weighted by Gasteiger charge is 2.34. The van der Waals surface area contributed by atoms with Gasteiger partial charge in [-0.15, -0.1) is 0 Å². The Hall–Kier alpha value is -2.57. The molecule has 1 aliphatic rings. The van der Waals surface area contributed by atoms with Crippen LogP contribution in [0.1, 0.15) is 17.5 Å². The monoisotopic (exact) mass is 414 g/mol. The SMILES string of the molecule is O=C(CCc1ccccc1)NCCN1C(=O)SC(=Cc2ccc(Cl)cc2)C1=O. The van der Waals surface area contributed by atoms with Crippen molar-refractivity contribution in [1.29, 1.82) is 0 Å². The molecule has 0 aromatic heterocycles. The smallest absolute Gasteiger partial charge is 0.293 e. The van der Waals surface area contributed by atoms with Crippen molar-refractivity contribution in [3.05, 3.63) is 75.7 Å². The van der Waals surface area contributed by atoms with Crippen LogP contribution in [0.5, 0.6) is 0 Å². The lowest BCUT2D eigenvalue weighted by atomic mass is 10.1. The van der Waals surface area contributed by atoms with E-state index in [-0.39, 0.29) is 30.1 Å². The molecule has 0 saturated carbocycles. The molecule has 0 bridgehead atoms. The molecule has 0 aliphatic carbocycles. The Morgan fingerprint density at radius 2 is 1.79 bits per heavy atom. The summed E-state index contributed by atoms with van der Waals surface area (Å²) < 4.78 is 0. The lowest BCUT2D eigenvalue weighted by Gasteiger charge is -2.13. The third kappa shape index (κ3) is 5.47. The maximum atomic E-state index is 12.5. The average Bonchev–Trinajstić information content (AvgIpc) is 2.96. The van der Waals surface area contributed by atoms with Crippen LogP contribution < -0.4 is 5.32 Å². The van der Waals surface area contributed by atoms with Gasteiger partial charge in [-0.1, -0.05) is 54.1 Å². The molecule has 144 valence electrons. The average molecular weight is 415 g/mol. The number of halogens is 1. The molecule has 0 spiro atoms. The third-order valence-electron chi connectivity index (χ3n) is 4.18. The second-order valence-corrected chi connectivity index (χ2v) is 7.65. The molecule has 3 amide bonds. The first-order chi connectivity index (χ1) is 13.5. The van der Waals surface area contributed by atoms with Crippen molar-refractivity contribution in [2.75, 3.05) is 13.1 Å². The molecule has 3 rings (SSSR count). The fourth-order valence-electron chi connectivity index (χ4n) is 2.70. The van der Waals surface area contributed by atoms with E-state index in [0.29, 0.717) is 22.8 Å². The summed E-state index contributed by atoms with van der Waals surface area (Å²) in [7, 11) is 0. The van der Waals surface area contributed by atoms with Gasteiger partial charge >= 0.3 is 0 Å². The fourth-order valence-corrected chi connectivity index (χ4v) is 3.69. The standard InChI is InChI=1S/C21H19ClN2O3S/c22-17-9-6-16(7-10-17)14-18-20(26)24(21(27)28-18)13-12-23-19(25)11-8-15-4-2-1-3-5-15/h1-7,9-10,14H,8,11-13H2,(H,23,25). The number of benzene rings is 2. The van der Waals surface area contributed by atoms with Crippen LogP contribution in [-0.4, -0.2) is 35.0 Å². The highest BCUT2D eigenvalue weighted by molar-refractivity contribution is 8.18. The van der Waals surface area contributed by atoms with Crippen molar-refractivity contribution < 1.29 is 14.4 Å². The number of thioether (sulfide) groups is 1. The van der Waals surface area contributed by atoms with E-state index in [9.17, 15) is 14.4 Å². The minimum Gasteiger partial charge on any atom is -0.354 e. The maximum absolute atomic E-state index is 12.5. The largest absolute Gasteiger partial charge is 0.354 e. The summed E-state index contributed by atoms with van der Waals surface area (Å²) in [4.78, 5) is 38.0. The van der Waals surface area contributed by atoms with Crippen molar-refractivity contribution in [3.63, 3.8) is 0 Å². The summed E-state index contributed by atoms with van der Waals surface area (Å²) in [5.74, 6) is -0.448. The van der Waals surface area contributed by atoms with Crippen LogP contribution in [0.15, 0.2) is 59.5 Å². The molecule has 0 radical (unpaired) electrons. The van der Waals surface area contributed by atoms with Gasteiger partial charge in [-0.05, 0) is 47.5 Å². The van der Waals surface area contributed by atoms with Crippen LogP contribution >= 0.6 is 23.4 Å². The summed E-state index contributed by atoms with van der Waals surface area (Å²) in [5, 5.41) is 3.04. The molecule has 28 heavy (non-hydrogen) atoms. The second kappa shape index (κ2) is 9.57. The number of hydrogen-bond donors (Lipinski definition) is 1. The molecule has 0 unspecified atom stereocenters. The molecule has 1 saturated heterocycles. The highest BCUT2D eigenvalue weighted by atomic mass is 35.5. The number of hydrogen-bond acceptors (Lipinski definition) is 4. The highest BCUT2D eigenvalue weighted by Crippen LogP contribution is 2.32. The van der Waals surface area contributed by atoms with Crippen LogP contribution in [-0.2, 0) is 16.0 Å². The van der Waals surface area contributed by atoms with Crippen LogP contribution in [0.4, 0.5) is 4.79 Å². The van der Waals surface area contributed by atoms with Gasteiger partial charge in [0.2, 0.25) is 5.91 Å². The van der Waals surface area contributed by atoms with E-state index in [4.69, 9.17) is 11.6 Å². The van der Waals surface area contributed by atoms with Crippen molar-refractivity contribution >= 4 is 46.5 Å². The molecule has 1 N–H and O–H groups in total. The van der Waals surface area contributed by atoms with Gasteiger partial charge in [0.05, 0.1) is 4.91 Å². The van der Waals surface area contributed by atoms with Gasteiger partial charge in [0.15, 0.2) is 0 Å². The van der Waals surface area contributed by atoms with Crippen molar-refractivity contribution in [2.45, 2.75) is 12.8 Å². The first-order valence-electron chi connectivity index (χ1n) is 8.84. The normalized spacial score (nSPS) is 15.3. The Bertz CT molecular complexity index is 898. The van der Waals surface area contributed by atoms with E-state index < -0.39 is 0 Å². The lowest BCUT2D eigenvalue weighted by Crippen LogP contribution is -2.37. The van der Waals surface area contributed by atoms with Crippen molar-refractivity contribution in [2.24, 2.45) is 0 Å². The molecule has 2 aromatic carbocycles.